The Labute approximate surface area is 140 Å². The van der Waals surface area contributed by atoms with Crippen LogP contribution < -0.4 is 5.32 Å². The van der Waals surface area contributed by atoms with Crippen LogP contribution in [0.5, 0.6) is 0 Å². The molecule has 3 heterocycles. The molecule has 1 aliphatic heterocycles. The molecule has 1 aromatic carbocycles. The second-order valence-electron chi connectivity index (χ2n) is 6.44. The zero-order valence-corrected chi connectivity index (χ0v) is 13.7. The van der Waals surface area contributed by atoms with Crippen LogP contribution in [0.3, 0.4) is 0 Å². The average Bonchev–Trinajstić information content (AvgIpc) is 3.17. The molecular formula is C18H21N5O. The molecule has 3 aromatic rings. The number of aromatic nitrogens is 4. The number of fused-ring (bicyclic) bond motifs is 2. The molecule has 124 valence electrons. The summed E-state index contributed by atoms with van der Waals surface area (Å²) in [5, 5.41) is 12.6. The van der Waals surface area contributed by atoms with Crippen molar-refractivity contribution >= 4 is 16.8 Å². The zero-order valence-electron chi connectivity index (χ0n) is 13.7. The molecule has 2 N–H and O–H groups in total. The molecule has 0 saturated carbocycles. The molecule has 1 aliphatic rings. The SMILES string of the molecule is Cc1nnc2n1C[C@@H](NC(=O)CCc1c[nH]c3ccccc13)CC2. The summed E-state index contributed by atoms with van der Waals surface area (Å²) in [5.74, 6) is 2.05. The van der Waals surface area contributed by atoms with Crippen LogP contribution in [0.1, 0.15) is 30.1 Å². The Morgan fingerprint density at radius 3 is 3.17 bits per heavy atom. The Kier molecular flexibility index (Phi) is 3.80. The molecule has 0 saturated heterocycles. The van der Waals surface area contributed by atoms with Crippen molar-refractivity contribution in [3.8, 4) is 0 Å². The standard InChI is InChI=1S/C18H21N5O/c1-12-21-22-17-8-7-14(11-23(12)17)20-18(24)9-6-13-10-19-16-5-3-2-4-15(13)16/h2-5,10,14,19H,6-9,11H2,1H3,(H,20,24)/t14-/m0/s1. The van der Waals surface area contributed by atoms with Gasteiger partial charge in [-0.15, -0.1) is 10.2 Å². The molecule has 1 atom stereocenters. The number of benzene rings is 1. The van der Waals surface area contributed by atoms with Gasteiger partial charge in [-0.2, -0.15) is 0 Å². The summed E-state index contributed by atoms with van der Waals surface area (Å²) in [7, 11) is 0. The lowest BCUT2D eigenvalue weighted by atomic mass is 10.1. The summed E-state index contributed by atoms with van der Waals surface area (Å²) >= 11 is 0. The molecular weight excluding hydrogens is 302 g/mol. The van der Waals surface area contributed by atoms with Crippen molar-refractivity contribution in [1.29, 1.82) is 0 Å². The zero-order chi connectivity index (χ0) is 16.5. The Bertz CT molecular complexity index is 879. The number of nitrogens with one attached hydrogen (secondary N) is 2. The fraction of sp³-hybridized carbons (Fsp3) is 0.389. The van der Waals surface area contributed by atoms with Crippen molar-refractivity contribution < 1.29 is 4.79 Å². The van der Waals surface area contributed by atoms with E-state index in [1.165, 1.54) is 10.9 Å². The third kappa shape index (κ3) is 2.79. The summed E-state index contributed by atoms with van der Waals surface area (Å²) in [6.07, 6.45) is 5.06. The van der Waals surface area contributed by atoms with E-state index in [1.807, 2.05) is 25.3 Å². The minimum absolute atomic E-state index is 0.111. The van der Waals surface area contributed by atoms with Crippen LogP contribution in [0.4, 0.5) is 0 Å². The highest BCUT2D eigenvalue weighted by molar-refractivity contribution is 5.84. The number of carbonyl (C=O) groups is 1. The Morgan fingerprint density at radius 1 is 1.38 bits per heavy atom. The summed E-state index contributed by atoms with van der Waals surface area (Å²) in [6.45, 7) is 2.73. The highest BCUT2D eigenvalue weighted by atomic mass is 16.1. The Balaban J connectivity index is 1.35. The van der Waals surface area contributed by atoms with E-state index in [1.54, 1.807) is 0 Å². The van der Waals surface area contributed by atoms with Crippen LogP contribution >= 0.6 is 0 Å². The molecule has 0 unspecified atom stereocenters. The summed E-state index contributed by atoms with van der Waals surface area (Å²) in [5.41, 5.74) is 2.32. The van der Waals surface area contributed by atoms with Gasteiger partial charge >= 0.3 is 0 Å². The van der Waals surface area contributed by atoms with Crippen molar-refractivity contribution in [2.45, 2.75) is 45.2 Å². The quantitative estimate of drug-likeness (QED) is 0.772. The number of carbonyl (C=O) groups excluding carboxylic acids is 1. The number of para-hydroxylation sites is 1. The van der Waals surface area contributed by atoms with Crippen LogP contribution in [-0.4, -0.2) is 31.7 Å². The summed E-state index contributed by atoms with van der Waals surface area (Å²) in [6, 6.07) is 8.36. The number of hydrogen-bond acceptors (Lipinski definition) is 3. The smallest absolute Gasteiger partial charge is 0.220 e. The average molecular weight is 323 g/mol. The summed E-state index contributed by atoms with van der Waals surface area (Å²) < 4.78 is 2.11. The highest BCUT2D eigenvalue weighted by Crippen LogP contribution is 2.19. The normalized spacial score (nSPS) is 17.0. The second kappa shape index (κ2) is 6.11. The van der Waals surface area contributed by atoms with E-state index in [4.69, 9.17) is 0 Å². The molecule has 1 amide bonds. The van der Waals surface area contributed by atoms with Gasteiger partial charge in [-0.05, 0) is 31.4 Å². The highest BCUT2D eigenvalue weighted by Gasteiger charge is 2.22. The van der Waals surface area contributed by atoms with Gasteiger partial charge in [-0.3, -0.25) is 4.79 Å². The molecule has 6 nitrogen and oxygen atoms in total. The lowest BCUT2D eigenvalue weighted by Crippen LogP contribution is -2.41. The van der Waals surface area contributed by atoms with E-state index < -0.39 is 0 Å². The minimum Gasteiger partial charge on any atom is -0.361 e. The number of amides is 1. The lowest BCUT2D eigenvalue weighted by molar-refractivity contribution is -0.122. The number of aromatic amines is 1. The van der Waals surface area contributed by atoms with Gasteiger partial charge in [0.15, 0.2) is 0 Å². The predicted molar refractivity (Wildman–Crippen MR) is 91.6 cm³/mol. The van der Waals surface area contributed by atoms with Crippen molar-refractivity contribution in [3.63, 3.8) is 0 Å². The third-order valence-electron chi connectivity index (χ3n) is 4.79. The maximum atomic E-state index is 12.3. The first kappa shape index (κ1) is 14.9. The number of rotatable bonds is 4. The maximum absolute atomic E-state index is 12.3. The molecule has 0 radical (unpaired) electrons. The molecule has 2 aromatic heterocycles. The maximum Gasteiger partial charge on any atom is 0.220 e. The van der Waals surface area contributed by atoms with Crippen molar-refractivity contribution in [1.82, 2.24) is 25.1 Å². The van der Waals surface area contributed by atoms with Gasteiger partial charge in [0.25, 0.3) is 0 Å². The topological polar surface area (TPSA) is 75.6 Å². The van der Waals surface area contributed by atoms with E-state index in [-0.39, 0.29) is 11.9 Å². The third-order valence-corrected chi connectivity index (χ3v) is 4.79. The van der Waals surface area contributed by atoms with Crippen molar-refractivity contribution in [2.75, 3.05) is 0 Å². The molecule has 0 bridgehead atoms. The predicted octanol–water partition coefficient (Wildman–Crippen LogP) is 2.13. The van der Waals surface area contributed by atoms with Crippen LogP contribution in [0, 0.1) is 6.92 Å². The van der Waals surface area contributed by atoms with Gasteiger partial charge < -0.3 is 14.9 Å². The number of hydrogen-bond donors (Lipinski definition) is 2. The Morgan fingerprint density at radius 2 is 2.25 bits per heavy atom. The monoisotopic (exact) mass is 323 g/mol. The first-order valence-electron chi connectivity index (χ1n) is 8.44. The second-order valence-corrected chi connectivity index (χ2v) is 6.44. The van der Waals surface area contributed by atoms with Crippen LogP contribution in [0.2, 0.25) is 0 Å². The molecule has 4 rings (SSSR count). The van der Waals surface area contributed by atoms with Gasteiger partial charge in [0, 0.05) is 42.5 Å². The van der Waals surface area contributed by atoms with Crippen molar-refractivity contribution in [3.05, 3.63) is 47.7 Å². The summed E-state index contributed by atoms with van der Waals surface area (Å²) in [4.78, 5) is 15.6. The van der Waals surface area contributed by atoms with Crippen LogP contribution in [-0.2, 0) is 24.2 Å². The minimum atomic E-state index is 0.111. The molecule has 0 fully saturated rings. The van der Waals surface area contributed by atoms with E-state index in [2.05, 4.69) is 37.2 Å². The number of nitrogens with zero attached hydrogens (tertiary/aromatic N) is 3. The fourth-order valence-corrected chi connectivity index (χ4v) is 3.47. The number of H-pyrrole nitrogens is 1. The van der Waals surface area contributed by atoms with Gasteiger partial charge in [-0.1, -0.05) is 18.2 Å². The molecule has 0 spiro atoms. The molecule has 6 heteroatoms. The van der Waals surface area contributed by atoms with E-state index in [9.17, 15) is 4.79 Å². The first-order valence-corrected chi connectivity index (χ1v) is 8.44. The Hall–Kier alpha value is -2.63. The van der Waals surface area contributed by atoms with Gasteiger partial charge in [0.05, 0.1) is 0 Å². The van der Waals surface area contributed by atoms with E-state index in [0.29, 0.717) is 6.42 Å². The van der Waals surface area contributed by atoms with Crippen molar-refractivity contribution in [2.24, 2.45) is 0 Å². The van der Waals surface area contributed by atoms with E-state index in [0.717, 1.165) is 43.0 Å². The van der Waals surface area contributed by atoms with Crippen LogP contribution in [0.25, 0.3) is 10.9 Å². The first-order chi connectivity index (χ1) is 11.7. The number of aryl methyl sites for hydroxylation is 3. The van der Waals surface area contributed by atoms with Gasteiger partial charge in [0.1, 0.15) is 11.6 Å². The largest absolute Gasteiger partial charge is 0.361 e. The van der Waals surface area contributed by atoms with Crippen LogP contribution in [0.15, 0.2) is 30.5 Å². The lowest BCUT2D eigenvalue weighted by Gasteiger charge is -2.24. The molecule has 0 aliphatic carbocycles. The fourth-order valence-electron chi connectivity index (χ4n) is 3.47. The van der Waals surface area contributed by atoms with Gasteiger partial charge in [0.2, 0.25) is 5.91 Å². The molecule has 24 heavy (non-hydrogen) atoms. The van der Waals surface area contributed by atoms with E-state index >= 15 is 0 Å². The van der Waals surface area contributed by atoms with Gasteiger partial charge in [-0.25, -0.2) is 0 Å².